The van der Waals surface area contributed by atoms with Crippen LogP contribution in [0, 0.1) is 0 Å². The Morgan fingerprint density at radius 2 is 1.60 bits per heavy atom. The summed E-state index contributed by atoms with van der Waals surface area (Å²) in [4.78, 5) is 0. The topological polar surface area (TPSA) is 18.5 Å². The van der Waals surface area contributed by atoms with Crippen LogP contribution in [0.5, 0.6) is 11.5 Å². The highest BCUT2D eigenvalue weighted by atomic mass is 16.6. The van der Waals surface area contributed by atoms with Gasteiger partial charge in [0.1, 0.15) is 11.5 Å². The molecule has 0 radical (unpaired) electrons. The molecule has 0 aliphatic carbocycles. The Kier molecular flexibility index (Phi) is 4.72. The molecule has 3 heteroatoms. The summed E-state index contributed by atoms with van der Waals surface area (Å²) in [6, 6.07) is 7.76. The predicted molar refractivity (Wildman–Crippen MR) is 85.0 cm³/mol. The molecule has 1 heterocycles. The second kappa shape index (κ2) is 6.51. The lowest BCUT2D eigenvalue weighted by atomic mass is 9.78. The number of allylic oxidation sites excluding steroid dienone is 6. The Balaban J connectivity index is 2.08. The highest BCUT2D eigenvalue weighted by Crippen LogP contribution is 2.34. The Bertz CT molecular complexity index is 545. The zero-order valence-electron chi connectivity index (χ0n) is 12.6. The quantitative estimate of drug-likeness (QED) is 0.580. The van der Waals surface area contributed by atoms with Crippen LogP contribution in [-0.4, -0.2) is 7.12 Å². The van der Waals surface area contributed by atoms with E-state index >= 15 is 0 Å². The maximum Gasteiger partial charge on any atom is 0.628 e. The van der Waals surface area contributed by atoms with Crippen LogP contribution in [0.1, 0.15) is 34.1 Å². The maximum absolute atomic E-state index is 5.79. The van der Waals surface area contributed by atoms with Gasteiger partial charge in [-0.1, -0.05) is 48.4 Å². The standard InChI is InChI=1S/C17H21BO2/c1-5-8-13(2)11-14(3)12-15(4)18-19-16-9-6-7-10-17(16)20-18/h6-12H,5H2,1-4H3/b13-8+,14-11+,15-12+. The van der Waals surface area contributed by atoms with E-state index in [2.05, 4.69) is 39.0 Å². The number of benzene rings is 1. The van der Waals surface area contributed by atoms with Gasteiger partial charge >= 0.3 is 7.12 Å². The van der Waals surface area contributed by atoms with E-state index in [1.807, 2.05) is 31.2 Å². The zero-order chi connectivity index (χ0) is 14.5. The van der Waals surface area contributed by atoms with E-state index < -0.39 is 0 Å². The molecular weight excluding hydrogens is 247 g/mol. The largest absolute Gasteiger partial charge is 0.628 e. The Morgan fingerprint density at radius 1 is 1.00 bits per heavy atom. The lowest BCUT2D eigenvalue weighted by Crippen LogP contribution is -2.26. The molecule has 0 N–H and O–H groups in total. The van der Waals surface area contributed by atoms with Crippen LogP contribution >= 0.6 is 0 Å². The molecule has 0 atom stereocenters. The van der Waals surface area contributed by atoms with E-state index in [1.165, 1.54) is 11.1 Å². The van der Waals surface area contributed by atoms with Gasteiger partial charge in [-0.3, -0.25) is 0 Å². The van der Waals surface area contributed by atoms with Gasteiger partial charge < -0.3 is 9.31 Å². The van der Waals surface area contributed by atoms with Crippen molar-refractivity contribution < 1.29 is 9.31 Å². The van der Waals surface area contributed by atoms with Gasteiger partial charge in [0.2, 0.25) is 0 Å². The highest BCUT2D eigenvalue weighted by molar-refractivity contribution is 6.56. The van der Waals surface area contributed by atoms with E-state index in [9.17, 15) is 0 Å². The zero-order valence-corrected chi connectivity index (χ0v) is 12.6. The van der Waals surface area contributed by atoms with Crippen molar-refractivity contribution in [3.63, 3.8) is 0 Å². The summed E-state index contributed by atoms with van der Waals surface area (Å²) in [7, 11) is -0.314. The normalized spacial score (nSPS) is 15.8. The van der Waals surface area contributed by atoms with Crippen LogP contribution in [0.3, 0.4) is 0 Å². The van der Waals surface area contributed by atoms with E-state index in [0.29, 0.717) is 0 Å². The van der Waals surface area contributed by atoms with Crippen molar-refractivity contribution in [1.29, 1.82) is 0 Å². The van der Waals surface area contributed by atoms with Crippen LogP contribution in [-0.2, 0) is 0 Å². The van der Waals surface area contributed by atoms with Gasteiger partial charge in [0.15, 0.2) is 0 Å². The van der Waals surface area contributed by atoms with Crippen molar-refractivity contribution in [2.24, 2.45) is 0 Å². The summed E-state index contributed by atoms with van der Waals surface area (Å²) in [6.45, 7) is 8.39. The molecule has 2 rings (SSSR count). The van der Waals surface area contributed by atoms with E-state index in [1.54, 1.807) is 0 Å². The van der Waals surface area contributed by atoms with Crippen molar-refractivity contribution in [2.75, 3.05) is 0 Å². The van der Waals surface area contributed by atoms with Crippen LogP contribution in [0.15, 0.2) is 59.1 Å². The number of para-hydroxylation sites is 2. The molecule has 0 saturated carbocycles. The second-order valence-electron chi connectivity index (χ2n) is 5.15. The average Bonchev–Trinajstić information content (AvgIpc) is 2.82. The van der Waals surface area contributed by atoms with Gasteiger partial charge in [-0.2, -0.15) is 0 Å². The van der Waals surface area contributed by atoms with Crippen molar-refractivity contribution in [1.82, 2.24) is 0 Å². The van der Waals surface area contributed by atoms with Gasteiger partial charge in [0.25, 0.3) is 0 Å². The minimum absolute atomic E-state index is 0.314. The third kappa shape index (κ3) is 3.56. The molecule has 104 valence electrons. The first-order valence-electron chi connectivity index (χ1n) is 7.05. The molecule has 0 aromatic heterocycles. The van der Waals surface area contributed by atoms with E-state index in [4.69, 9.17) is 9.31 Å². The van der Waals surface area contributed by atoms with Crippen molar-refractivity contribution in [3.05, 3.63) is 59.1 Å². The first-order chi connectivity index (χ1) is 9.60. The van der Waals surface area contributed by atoms with Crippen molar-refractivity contribution in [3.8, 4) is 11.5 Å². The highest BCUT2D eigenvalue weighted by Gasteiger charge is 2.33. The lowest BCUT2D eigenvalue weighted by molar-refractivity contribution is 0.511. The minimum Gasteiger partial charge on any atom is -0.519 e. The van der Waals surface area contributed by atoms with Gasteiger partial charge in [-0.15, -0.1) is 0 Å². The molecule has 1 aliphatic heterocycles. The fourth-order valence-electron chi connectivity index (χ4n) is 2.29. The fraction of sp³-hybridized carbons (Fsp3) is 0.294. The Hall–Kier alpha value is -1.90. The molecule has 1 aromatic rings. The predicted octanol–water partition coefficient (Wildman–Crippen LogP) is 4.73. The summed E-state index contributed by atoms with van der Waals surface area (Å²) in [6.07, 6.45) is 7.56. The molecule has 1 aromatic carbocycles. The summed E-state index contributed by atoms with van der Waals surface area (Å²) in [5, 5.41) is 0. The monoisotopic (exact) mass is 268 g/mol. The molecule has 0 spiro atoms. The van der Waals surface area contributed by atoms with E-state index in [0.717, 1.165) is 23.4 Å². The minimum atomic E-state index is -0.314. The van der Waals surface area contributed by atoms with Crippen LogP contribution < -0.4 is 9.31 Å². The summed E-state index contributed by atoms with van der Waals surface area (Å²) in [5.41, 5.74) is 3.55. The number of rotatable bonds is 4. The van der Waals surface area contributed by atoms with Crippen molar-refractivity contribution in [2.45, 2.75) is 34.1 Å². The molecular formula is C17H21BO2. The van der Waals surface area contributed by atoms with E-state index in [-0.39, 0.29) is 7.12 Å². The van der Waals surface area contributed by atoms with Gasteiger partial charge in [0, 0.05) is 0 Å². The third-order valence-electron chi connectivity index (χ3n) is 3.13. The first-order valence-corrected chi connectivity index (χ1v) is 7.05. The Labute approximate surface area is 121 Å². The van der Waals surface area contributed by atoms with Gasteiger partial charge in [-0.05, 0) is 44.8 Å². The smallest absolute Gasteiger partial charge is 0.519 e. The van der Waals surface area contributed by atoms with Gasteiger partial charge in [-0.25, -0.2) is 0 Å². The molecule has 0 fully saturated rings. The van der Waals surface area contributed by atoms with Crippen LogP contribution in [0.2, 0.25) is 0 Å². The third-order valence-corrected chi connectivity index (χ3v) is 3.13. The van der Waals surface area contributed by atoms with Crippen LogP contribution in [0.4, 0.5) is 0 Å². The second-order valence-corrected chi connectivity index (χ2v) is 5.15. The number of hydrogen-bond acceptors (Lipinski definition) is 2. The number of hydrogen-bond donors (Lipinski definition) is 0. The molecule has 2 nitrogen and oxygen atoms in total. The summed E-state index contributed by atoms with van der Waals surface area (Å²) >= 11 is 0. The molecule has 20 heavy (non-hydrogen) atoms. The maximum atomic E-state index is 5.79. The Morgan fingerprint density at radius 3 is 2.15 bits per heavy atom. The average molecular weight is 268 g/mol. The van der Waals surface area contributed by atoms with Gasteiger partial charge in [0.05, 0.1) is 0 Å². The first kappa shape index (κ1) is 14.5. The SMILES string of the molecule is CC/C=C(C)/C=C(C)/C=C(\C)B1Oc2ccccc2O1. The fourth-order valence-corrected chi connectivity index (χ4v) is 2.29. The molecule has 0 amide bonds. The summed E-state index contributed by atoms with van der Waals surface area (Å²) < 4.78 is 11.6. The van der Waals surface area contributed by atoms with Crippen LogP contribution in [0.25, 0.3) is 0 Å². The molecule has 0 unspecified atom stereocenters. The lowest BCUT2D eigenvalue weighted by Gasteiger charge is -2.05. The molecule has 1 aliphatic rings. The molecule has 0 bridgehead atoms. The van der Waals surface area contributed by atoms with Crippen molar-refractivity contribution >= 4 is 7.12 Å². The molecule has 0 saturated heterocycles. The number of fused-ring (bicyclic) bond motifs is 1. The summed E-state index contributed by atoms with van der Waals surface area (Å²) in [5.74, 6) is 1.63.